The second kappa shape index (κ2) is 7.27. The van der Waals surface area contributed by atoms with E-state index in [0.717, 1.165) is 37.3 Å². The van der Waals surface area contributed by atoms with Crippen molar-refractivity contribution < 1.29 is 9.90 Å². The molecule has 0 bridgehead atoms. The van der Waals surface area contributed by atoms with Crippen molar-refractivity contribution in [3.05, 3.63) is 0 Å². The van der Waals surface area contributed by atoms with Gasteiger partial charge in [0.15, 0.2) is 0 Å². The fourth-order valence-electron chi connectivity index (χ4n) is 2.45. The maximum Gasteiger partial charge on any atom is 0.223 e. The third-order valence-corrected chi connectivity index (χ3v) is 4.64. The Labute approximate surface area is 109 Å². The topological polar surface area (TPSA) is 49.3 Å². The van der Waals surface area contributed by atoms with E-state index in [1.54, 1.807) is 11.8 Å². The Kier molecular flexibility index (Phi) is 6.34. The molecule has 1 fully saturated rings. The van der Waals surface area contributed by atoms with Gasteiger partial charge in [-0.2, -0.15) is 11.8 Å². The summed E-state index contributed by atoms with van der Waals surface area (Å²) < 4.78 is 0. The molecule has 1 saturated carbocycles. The number of hydrogen-bond acceptors (Lipinski definition) is 3. The number of aliphatic hydroxyl groups excluding tert-OH is 1. The van der Waals surface area contributed by atoms with Gasteiger partial charge in [0.2, 0.25) is 5.91 Å². The van der Waals surface area contributed by atoms with Crippen LogP contribution < -0.4 is 5.32 Å². The van der Waals surface area contributed by atoms with Gasteiger partial charge in [-0.15, -0.1) is 0 Å². The SMILES string of the molecule is CC1(C)CCCC1C(=O)NCCSCCCO. The molecule has 0 aromatic carbocycles. The predicted octanol–water partition coefficient (Wildman–Crippen LogP) is 2.04. The van der Waals surface area contributed by atoms with Gasteiger partial charge < -0.3 is 10.4 Å². The fourth-order valence-corrected chi connectivity index (χ4v) is 3.23. The van der Waals surface area contributed by atoms with Gasteiger partial charge in [0.1, 0.15) is 0 Å². The first-order chi connectivity index (χ1) is 8.08. The molecule has 1 amide bonds. The molecule has 100 valence electrons. The first kappa shape index (κ1) is 14.8. The van der Waals surface area contributed by atoms with Crippen LogP contribution in [0.3, 0.4) is 0 Å². The Balaban J connectivity index is 2.13. The highest BCUT2D eigenvalue weighted by atomic mass is 32.2. The molecule has 2 N–H and O–H groups in total. The van der Waals surface area contributed by atoms with Gasteiger partial charge in [0.05, 0.1) is 0 Å². The van der Waals surface area contributed by atoms with Crippen molar-refractivity contribution in [3.63, 3.8) is 0 Å². The van der Waals surface area contributed by atoms with Crippen LogP contribution in [0.2, 0.25) is 0 Å². The zero-order valence-corrected chi connectivity index (χ0v) is 11.8. The third kappa shape index (κ3) is 4.88. The lowest BCUT2D eigenvalue weighted by atomic mass is 9.81. The summed E-state index contributed by atoms with van der Waals surface area (Å²) in [5.74, 6) is 2.35. The largest absolute Gasteiger partial charge is 0.396 e. The molecule has 0 aromatic heterocycles. The van der Waals surface area contributed by atoms with E-state index >= 15 is 0 Å². The van der Waals surface area contributed by atoms with Crippen LogP contribution in [0.25, 0.3) is 0 Å². The molecule has 4 heteroatoms. The summed E-state index contributed by atoms with van der Waals surface area (Å²) in [4.78, 5) is 12.0. The van der Waals surface area contributed by atoms with Gasteiger partial charge in [-0.3, -0.25) is 4.79 Å². The van der Waals surface area contributed by atoms with Gasteiger partial charge in [-0.25, -0.2) is 0 Å². The highest BCUT2D eigenvalue weighted by Gasteiger charge is 2.38. The van der Waals surface area contributed by atoms with Crippen LogP contribution in [-0.2, 0) is 4.79 Å². The first-order valence-electron chi connectivity index (χ1n) is 6.54. The number of amides is 1. The summed E-state index contributed by atoms with van der Waals surface area (Å²) in [5, 5.41) is 11.7. The zero-order valence-electron chi connectivity index (χ0n) is 11.0. The molecule has 17 heavy (non-hydrogen) atoms. The van der Waals surface area contributed by atoms with Crippen LogP contribution in [0.15, 0.2) is 0 Å². The monoisotopic (exact) mass is 259 g/mol. The molecular formula is C13H25NO2S. The van der Waals surface area contributed by atoms with E-state index in [1.807, 2.05) is 0 Å². The van der Waals surface area contributed by atoms with E-state index in [0.29, 0.717) is 0 Å². The van der Waals surface area contributed by atoms with Gasteiger partial charge in [0.25, 0.3) is 0 Å². The van der Waals surface area contributed by atoms with E-state index in [1.165, 1.54) is 6.42 Å². The normalized spacial score (nSPS) is 22.6. The van der Waals surface area contributed by atoms with Gasteiger partial charge in [0, 0.05) is 24.8 Å². The Morgan fingerprint density at radius 1 is 1.47 bits per heavy atom. The lowest BCUT2D eigenvalue weighted by Gasteiger charge is -2.25. The summed E-state index contributed by atoms with van der Waals surface area (Å²) in [5.41, 5.74) is 0.175. The third-order valence-electron chi connectivity index (χ3n) is 3.57. The van der Waals surface area contributed by atoms with Crippen molar-refractivity contribution in [1.82, 2.24) is 5.32 Å². The fraction of sp³-hybridized carbons (Fsp3) is 0.923. The van der Waals surface area contributed by atoms with Crippen molar-refractivity contribution >= 4 is 17.7 Å². The van der Waals surface area contributed by atoms with Crippen LogP contribution in [0.4, 0.5) is 0 Å². The molecule has 1 rings (SSSR count). The van der Waals surface area contributed by atoms with E-state index < -0.39 is 0 Å². The average molecular weight is 259 g/mol. The standard InChI is InChI=1S/C13H25NO2S/c1-13(2)6-3-5-11(13)12(16)14-7-10-17-9-4-8-15/h11,15H,3-10H2,1-2H3,(H,14,16). The zero-order chi connectivity index (χ0) is 12.7. The molecule has 0 heterocycles. The van der Waals surface area contributed by atoms with Crippen molar-refractivity contribution in [3.8, 4) is 0 Å². The van der Waals surface area contributed by atoms with Gasteiger partial charge in [-0.05, 0) is 30.4 Å². The number of aliphatic hydroxyl groups is 1. The Hall–Kier alpha value is -0.220. The number of rotatable bonds is 7. The van der Waals surface area contributed by atoms with Crippen LogP contribution in [-0.4, -0.2) is 35.7 Å². The second-order valence-corrected chi connectivity index (χ2v) is 6.64. The highest BCUT2D eigenvalue weighted by molar-refractivity contribution is 7.99. The quantitative estimate of drug-likeness (QED) is 0.688. The van der Waals surface area contributed by atoms with Crippen molar-refractivity contribution in [2.75, 3.05) is 24.7 Å². The number of carbonyl (C=O) groups excluding carboxylic acids is 1. The molecule has 0 aromatic rings. The molecule has 1 aliphatic carbocycles. The summed E-state index contributed by atoms with van der Waals surface area (Å²) >= 11 is 1.79. The van der Waals surface area contributed by atoms with Crippen LogP contribution in [0.1, 0.15) is 39.5 Å². The van der Waals surface area contributed by atoms with Crippen molar-refractivity contribution in [2.24, 2.45) is 11.3 Å². The predicted molar refractivity (Wildman–Crippen MR) is 73.2 cm³/mol. The van der Waals surface area contributed by atoms with E-state index in [2.05, 4.69) is 19.2 Å². The maximum atomic E-state index is 12.0. The molecule has 0 aliphatic heterocycles. The molecule has 3 nitrogen and oxygen atoms in total. The Morgan fingerprint density at radius 3 is 2.82 bits per heavy atom. The van der Waals surface area contributed by atoms with E-state index in [4.69, 9.17) is 5.11 Å². The lowest BCUT2D eigenvalue weighted by Crippen LogP contribution is -2.37. The van der Waals surface area contributed by atoms with E-state index in [-0.39, 0.29) is 23.8 Å². The Morgan fingerprint density at radius 2 is 2.24 bits per heavy atom. The van der Waals surface area contributed by atoms with Crippen molar-refractivity contribution in [2.45, 2.75) is 39.5 Å². The molecular weight excluding hydrogens is 234 g/mol. The van der Waals surface area contributed by atoms with Crippen LogP contribution in [0.5, 0.6) is 0 Å². The number of carbonyl (C=O) groups is 1. The number of hydrogen-bond donors (Lipinski definition) is 2. The van der Waals surface area contributed by atoms with Crippen molar-refractivity contribution in [1.29, 1.82) is 0 Å². The summed E-state index contributed by atoms with van der Waals surface area (Å²) in [6.07, 6.45) is 4.22. The minimum atomic E-state index is 0.175. The molecule has 1 atom stereocenters. The van der Waals surface area contributed by atoms with Crippen LogP contribution in [0, 0.1) is 11.3 Å². The highest BCUT2D eigenvalue weighted by Crippen LogP contribution is 2.42. The average Bonchev–Trinajstić information content (AvgIpc) is 2.63. The summed E-state index contributed by atoms with van der Waals surface area (Å²) in [6, 6.07) is 0. The minimum Gasteiger partial charge on any atom is -0.396 e. The molecule has 0 radical (unpaired) electrons. The molecule has 0 spiro atoms. The first-order valence-corrected chi connectivity index (χ1v) is 7.70. The smallest absolute Gasteiger partial charge is 0.223 e. The molecule has 0 saturated heterocycles. The number of thioether (sulfide) groups is 1. The second-order valence-electron chi connectivity index (χ2n) is 5.41. The van der Waals surface area contributed by atoms with Gasteiger partial charge >= 0.3 is 0 Å². The van der Waals surface area contributed by atoms with Gasteiger partial charge in [-0.1, -0.05) is 20.3 Å². The molecule has 1 aliphatic rings. The number of nitrogens with one attached hydrogen (secondary N) is 1. The van der Waals surface area contributed by atoms with Crippen LogP contribution >= 0.6 is 11.8 Å². The Bertz CT molecular complexity index is 244. The summed E-state index contributed by atoms with van der Waals surface area (Å²) in [7, 11) is 0. The molecule has 1 unspecified atom stereocenters. The van der Waals surface area contributed by atoms with E-state index in [9.17, 15) is 4.79 Å². The summed E-state index contributed by atoms with van der Waals surface area (Å²) in [6.45, 7) is 5.40. The lowest BCUT2D eigenvalue weighted by molar-refractivity contribution is -0.127. The minimum absolute atomic E-state index is 0.175. The maximum absolute atomic E-state index is 12.0.